The monoisotopic (exact) mass is 472 g/mol. The second kappa shape index (κ2) is 9.43. The molecule has 10 heteroatoms. The molecule has 30 heavy (non-hydrogen) atoms. The fraction of sp³-hybridized carbons (Fsp3) is 0.350. The largest absolute Gasteiger partial charge is 0.495 e. The summed E-state index contributed by atoms with van der Waals surface area (Å²) < 4.78 is 38.0. The molecule has 1 aliphatic rings. The summed E-state index contributed by atoms with van der Waals surface area (Å²) in [5.41, 5.74) is 0.515. The summed E-state index contributed by atoms with van der Waals surface area (Å²) in [4.78, 5) is 12.7. The first-order chi connectivity index (χ1) is 14.3. The number of halogens is 2. The molecule has 0 radical (unpaired) electrons. The van der Waals surface area contributed by atoms with Crippen molar-refractivity contribution >= 4 is 44.8 Å². The van der Waals surface area contributed by atoms with Crippen LogP contribution in [0.25, 0.3) is 0 Å². The maximum Gasteiger partial charge on any atom is 0.255 e. The molecule has 0 aromatic heterocycles. The molecule has 1 amide bonds. The van der Waals surface area contributed by atoms with Gasteiger partial charge in [-0.25, -0.2) is 8.42 Å². The van der Waals surface area contributed by atoms with Crippen LogP contribution in [0.2, 0.25) is 10.0 Å². The number of carbonyl (C=O) groups is 1. The second-order valence-corrected chi connectivity index (χ2v) is 9.48. The summed E-state index contributed by atoms with van der Waals surface area (Å²) >= 11 is 12.2. The summed E-state index contributed by atoms with van der Waals surface area (Å²) in [6, 6.07) is 7.33. The van der Waals surface area contributed by atoms with Crippen molar-refractivity contribution in [2.75, 3.05) is 32.6 Å². The Morgan fingerprint density at radius 2 is 1.63 bits per heavy atom. The zero-order chi connectivity index (χ0) is 21.9. The molecule has 1 heterocycles. The van der Waals surface area contributed by atoms with Crippen LogP contribution in [-0.2, 0) is 10.0 Å². The molecule has 1 fully saturated rings. The average Bonchev–Trinajstić information content (AvgIpc) is 2.74. The van der Waals surface area contributed by atoms with Crippen molar-refractivity contribution in [1.82, 2.24) is 4.31 Å². The molecule has 0 aliphatic carbocycles. The molecule has 1 aliphatic heterocycles. The van der Waals surface area contributed by atoms with Crippen LogP contribution in [0.15, 0.2) is 35.2 Å². The topological polar surface area (TPSA) is 84.9 Å². The van der Waals surface area contributed by atoms with Gasteiger partial charge in [0.05, 0.1) is 24.3 Å². The van der Waals surface area contributed by atoms with Gasteiger partial charge < -0.3 is 14.8 Å². The fourth-order valence-corrected chi connectivity index (χ4v) is 5.63. The lowest BCUT2D eigenvalue weighted by molar-refractivity contribution is 0.102. The van der Waals surface area contributed by atoms with Gasteiger partial charge in [0.1, 0.15) is 10.6 Å². The quantitative estimate of drug-likeness (QED) is 0.671. The molecule has 1 saturated heterocycles. The first-order valence-corrected chi connectivity index (χ1v) is 11.5. The van der Waals surface area contributed by atoms with Gasteiger partial charge in [0.2, 0.25) is 10.0 Å². The van der Waals surface area contributed by atoms with E-state index >= 15 is 0 Å². The molecule has 0 atom stereocenters. The number of piperidine rings is 1. The van der Waals surface area contributed by atoms with Gasteiger partial charge in [-0.15, -0.1) is 0 Å². The number of nitrogens with one attached hydrogen (secondary N) is 1. The molecule has 0 bridgehead atoms. The highest BCUT2D eigenvalue weighted by Crippen LogP contribution is 2.35. The number of rotatable bonds is 6. The Morgan fingerprint density at radius 1 is 1.00 bits per heavy atom. The molecule has 7 nitrogen and oxygen atoms in total. The van der Waals surface area contributed by atoms with Crippen LogP contribution >= 0.6 is 23.2 Å². The Balaban J connectivity index is 1.91. The van der Waals surface area contributed by atoms with Crippen molar-refractivity contribution in [1.29, 1.82) is 0 Å². The molecule has 1 N–H and O–H groups in total. The molecule has 2 aromatic rings. The van der Waals surface area contributed by atoms with Gasteiger partial charge in [-0.3, -0.25) is 4.79 Å². The van der Waals surface area contributed by atoms with Gasteiger partial charge in [-0.05, 0) is 43.2 Å². The van der Waals surface area contributed by atoms with Crippen LogP contribution < -0.4 is 14.8 Å². The summed E-state index contributed by atoms with van der Waals surface area (Å²) in [6.45, 7) is 0.926. The smallest absolute Gasteiger partial charge is 0.255 e. The van der Waals surface area contributed by atoms with E-state index in [1.807, 2.05) is 0 Å². The van der Waals surface area contributed by atoms with Gasteiger partial charge in [0.15, 0.2) is 5.75 Å². The van der Waals surface area contributed by atoms with E-state index in [0.717, 1.165) is 19.3 Å². The maximum absolute atomic E-state index is 13.1. The lowest BCUT2D eigenvalue weighted by Crippen LogP contribution is -2.35. The molecule has 0 spiro atoms. The van der Waals surface area contributed by atoms with Gasteiger partial charge >= 0.3 is 0 Å². The molecule has 3 rings (SSSR count). The van der Waals surface area contributed by atoms with E-state index in [0.29, 0.717) is 18.8 Å². The highest BCUT2D eigenvalue weighted by atomic mass is 35.5. The van der Waals surface area contributed by atoms with Crippen molar-refractivity contribution in [2.24, 2.45) is 0 Å². The number of hydrogen-bond acceptors (Lipinski definition) is 5. The van der Waals surface area contributed by atoms with Crippen molar-refractivity contribution in [3.63, 3.8) is 0 Å². The SMILES string of the molecule is COc1ccc(NC(=O)c2cc(Cl)c(OC)c(Cl)c2)cc1S(=O)(=O)N1CCCCC1. The van der Waals surface area contributed by atoms with Crippen molar-refractivity contribution in [3.8, 4) is 11.5 Å². The van der Waals surface area contributed by atoms with Crippen LogP contribution in [0, 0.1) is 0 Å². The summed E-state index contributed by atoms with van der Waals surface area (Å²) in [7, 11) is -0.920. The highest BCUT2D eigenvalue weighted by Gasteiger charge is 2.29. The Labute approximate surface area is 185 Å². The average molecular weight is 473 g/mol. The molecule has 0 unspecified atom stereocenters. The lowest BCUT2D eigenvalue weighted by atomic mass is 10.2. The predicted octanol–water partition coefficient (Wildman–Crippen LogP) is 4.44. The Kier molecular flexibility index (Phi) is 7.13. The van der Waals surface area contributed by atoms with Gasteiger partial charge in [-0.1, -0.05) is 29.6 Å². The second-order valence-electron chi connectivity index (χ2n) is 6.76. The Hall–Kier alpha value is -2.00. The Morgan fingerprint density at radius 3 is 2.20 bits per heavy atom. The number of hydrogen-bond donors (Lipinski definition) is 1. The van der Waals surface area contributed by atoms with E-state index in [1.54, 1.807) is 6.07 Å². The maximum atomic E-state index is 13.1. The summed E-state index contributed by atoms with van der Waals surface area (Å²) in [6.07, 6.45) is 2.64. The number of nitrogens with zero attached hydrogens (tertiary/aromatic N) is 1. The summed E-state index contributed by atoms with van der Waals surface area (Å²) in [5, 5.41) is 3.07. The number of carbonyl (C=O) groups excluding carboxylic acids is 1. The van der Waals surface area contributed by atoms with Crippen LogP contribution in [0.1, 0.15) is 29.6 Å². The standard InChI is InChI=1S/C20H22Cl2N2O5S/c1-28-17-7-6-14(12-18(17)30(26,27)24-8-4-3-5-9-24)23-20(25)13-10-15(21)19(29-2)16(22)11-13/h6-7,10-12H,3-5,8-9H2,1-2H3,(H,23,25). The van der Waals surface area contributed by atoms with E-state index in [1.165, 1.54) is 42.8 Å². The van der Waals surface area contributed by atoms with E-state index in [-0.39, 0.29) is 32.0 Å². The Bertz CT molecular complexity index is 1030. The highest BCUT2D eigenvalue weighted by molar-refractivity contribution is 7.89. The number of anilines is 1. The van der Waals surface area contributed by atoms with Gasteiger partial charge in [-0.2, -0.15) is 4.31 Å². The normalized spacial score (nSPS) is 14.9. The minimum atomic E-state index is -3.75. The molecule has 2 aromatic carbocycles. The molecular weight excluding hydrogens is 451 g/mol. The third-order valence-electron chi connectivity index (χ3n) is 4.82. The fourth-order valence-electron chi connectivity index (χ4n) is 3.29. The molecule has 162 valence electrons. The first-order valence-electron chi connectivity index (χ1n) is 9.30. The minimum absolute atomic E-state index is 0.00972. The van der Waals surface area contributed by atoms with Crippen LogP contribution in [0.4, 0.5) is 5.69 Å². The van der Waals surface area contributed by atoms with Crippen LogP contribution in [-0.4, -0.2) is 45.9 Å². The van der Waals surface area contributed by atoms with Gasteiger partial charge in [0, 0.05) is 24.3 Å². The van der Waals surface area contributed by atoms with E-state index < -0.39 is 15.9 Å². The third-order valence-corrected chi connectivity index (χ3v) is 7.30. The predicted molar refractivity (Wildman–Crippen MR) is 117 cm³/mol. The van der Waals surface area contributed by atoms with E-state index in [2.05, 4.69) is 5.32 Å². The van der Waals surface area contributed by atoms with Crippen molar-refractivity contribution in [2.45, 2.75) is 24.2 Å². The minimum Gasteiger partial charge on any atom is -0.495 e. The summed E-state index contributed by atoms with van der Waals surface area (Å²) in [5.74, 6) is -0.00343. The zero-order valence-electron chi connectivity index (χ0n) is 16.6. The van der Waals surface area contributed by atoms with E-state index in [9.17, 15) is 13.2 Å². The van der Waals surface area contributed by atoms with Crippen molar-refractivity contribution < 1.29 is 22.7 Å². The van der Waals surface area contributed by atoms with E-state index in [4.69, 9.17) is 32.7 Å². The number of benzene rings is 2. The van der Waals surface area contributed by atoms with Crippen LogP contribution in [0.3, 0.4) is 0 Å². The first kappa shape index (κ1) is 22.7. The number of methoxy groups -OCH3 is 2. The zero-order valence-corrected chi connectivity index (χ0v) is 18.9. The number of sulfonamides is 1. The molecular formula is C20H22Cl2N2O5S. The number of ether oxygens (including phenoxy) is 2. The molecule has 0 saturated carbocycles. The third kappa shape index (κ3) is 4.67. The van der Waals surface area contributed by atoms with Gasteiger partial charge in [0.25, 0.3) is 5.91 Å². The van der Waals surface area contributed by atoms with Crippen LogP contribution in [0.5, 0.6) is 11.5 Å². The van der Waals surface area contributed by atoms with Crippen molar-refractivity contribution in [3.05, 3.63) is 45.9 Å². The number of amides is 1. The lowest BCUT2D eigenvalue weighted by Gasteiger charge is -2.26.